The Kier molecular flexibility index (Phi) is 7.69. The fourth-order valence-corrected chi connectivity index (χ4v) is 2.80. The predicted octanol–water partition coefficient (Wildman–Crippen LogP) is 2.48. The molecule has 28 heavy (non-hydrogen) atoms. The highest BCUT2D eigenvalue weighted by atomic mass is 35.5. The van der Waals surface area contributed by atoms with Gasteiger partial charge in [0.2, 0.25) is 0 Å². The summed E-state index contributed by atoms with van der Waals surface area (Å²) < 4.78 is 15.6. The largest absolute Gasteiger partial charge is 0.480 e. The van der Waals surface area contributed by atoms with Gasteiger partial charge >= 0.3 is 18.0 Å². The second-order valence-corrected chi connectivity index (χ2v) is 6.46. The van der Waals surface area contributed by atoms with Crippen LogP contribution in [-0.2, 0) is 19.1 Å². The Balaban J connectivity index is 2.04. The van der Waals surface area contributed by atoms with Crippen molar-refractivity contribution < 1.29 is 28.6 Å². The van der Waals surface area contributed by atoms with E-state index in [1.54, 1.807) is 19.1 Å². The molecule has 8 nitrogen and oxygen atoms in total. The van der Waals surface area contributed by atoms with Crippen LogP contribution in [0.2, 0.25) is 5.02 Å². The molecule has 1 aliphatic rings. The summed E-state index contributed by atoms with van der Waals surface area (Å²) in [5, 5.41) is 5.53. The number of carbonyl (C=O) groups excluding carboxylic acids is 3. The fraction of sp³-hybridized carbons (Fsp3) is 0.421. The van der Waals surface area contributed by atoms with Crippen LogP contribution in [0.5, 0.6) is 5.75 Å². The molecule has 9 heteroatoms. The van der Waals surface area contributed by atoms with Gasteiger partial charge in [-0.2, -0.15) is 0 Å². The molecular weight excluding hydrogens is 388 g/mol. The van der Waals surface area contributed by atoms with E-state index in [2.05, 4.69) is 10.6 Å². The van der Waals surface area contributed by atoms with Crippen molar-refractivity contribution in [2.75, 3.05) is 19.8 Å². The molecular formula is C19H23ClN2O6. The van der Waals surface area contributed by atoms with Gasteiger partial charge in [-0.05, 0) is 38.0 Å². The molecule has 0 saturated carbocycles. The quantitative estimate of drug-likeness (QED) is 0.638. The number of rotatable bonds is 8. The number of nitrogens with one attached hydrogen (secondary N) is 2. The number of ether oxygens (including phenoxy) is 3. The van der Waals surface area contributed by atoms with Gasteiger partial charge in [-0.3, -0.25) is 0 Å². The van der Waals surface area contributed by atoms with Crippen molar-refractivity contribution in [1.82, 2.24) is 10.6 Å². The topological polar surface area (TPSA) is 103 Å². The van der Waals surface area contributed by atoms with Crippen LogP contribution in [0, 0.1) is 6.92 Å². The lowest BCUT2D eigenvalue weighted by molar-refractivity contribution is -0.145. The van der Waals surface area contributed by atoms with E-state index >= 15 is 0 Å². The second kappa shape index (κ2) is 9.98. The summed E-state index contributed by atoms with van der Waals surface area (Å²) in [6.07, 6.45) is 0.480. The average Bonchev–Trinajstić information content (AvgIpc) is 2.66. The predicted molar refractivity (Wildman–Crippen MR) is 102 cm³/mol. The van der Waals surface area contributed by atoms with Crippen LogP contribution < -0.4 is 15.4 Å². The minimum absolute atomic E-state index is 0.185. The Morgan fingerprint density at radius 2 is 1.96 bits per heavy atom. The summed E-state index contributed by atoms with van der Waals surface area (Å²) in [6.45, 7) is 4.90. The molecule has 1 aromatic rings. The summed E-state index contributed by atoms with van der Waals surface area (Å²) in [5.41, 5.74) is 1.36. The molecule has 0 aliphatic carbocycles. The molecule has 2 N–H and O–H groups in total. The van der Waals surface area contributed by atoms with E-state index in [4.69, 9.17) is 25.8 Å². The normalized spacial score (nSPS) is 16.1. The Hall–Kier alpha value is -2.74. The lowest BCUT2D eigenvalue weighted by Gasteiger charge is -2.28. The maximum atomic E-state index is 12.3. The summed E-state index contributed by atoms with van der Waals surface area (Å²) in [4.78, 5) is 36.1. The van der Waals surface area contributed by atoms with E-state index in [0.29, 0.717) is 17.2 Å². The highest BCUT2D eigenvalue weighted by Crippen LogP contribution is 2.25. The Bertz CT molecular complexity index is 793. The Morgan fingerprint density at radius 1 is 1.21 bits per heavy atom. The highest BCUT2D eigenvalue weighted by Gasteiger charge is 2.32. The first-order valence-corrected chi connectivity index (χ1v) is 9.25. The van der Waals surface area contributed by atoms with E-state index in [9.17, 15) is 14.4 Å². The third-order valence-corrected chi connectivity index (χ3v) is 4.27. The van der Waals surface area contributed by atoms with E-state index in [1.165, 1.54) is 0 Å². The Morgan fingerprint density at radius 3 is 2.64 bits per heavy atom. The summed E-state index contributed by atoms with van der Waals surface area (Å²) >= 11 is 6.02. The van der Waals surface area contributed by atoms with Crippen molar-refractivity contribution in [3.05, 3.63) is 40.1 Å². The first kappa shape index (κ1) is 21.6. The maximum absolute atomic E-state index is 12.3. The molecule has 0 unspecified atom stereocenters. The number of benzene rings is 1. The number of hydrogen-bond donors (Lipinski definition) is 2. The van der Waals surface area contributed by atoms with Crippen molar-refractivity contribution in [2.24, 2.45) is 0 Å². The standard InChI is InChI=1S/C19H23ClN2O6/c1-4-13-17(18(24)26-5-2)14(22-19(25)21-13)9-28-16(23)10-27-15-8-11(3)6-7-12(15)20/h6-8,13H,4-5,9-10H2,1-3H3,(H2,21,22,25)/t13-/m0/s1. The molecule has 0 fully saturated rings. The van der Waals surface area contributed by atoms with Gasteiger partial charge in [0.05, 0.1) is 28.9 Å². The van der Waals surface area contributed by atoms with Gasteiger partial charge in [0.25, 0.3) is 0 Å². The van der Waals surface area contributed by atoms with Crippen molar-refractivity contribution >= 4 is 29.6 Å². The first-order valence-electron chi connectivity index (χ1n) is 8.87. The maximum Gasteiger partial charge on any atom is 0.344 e. The van der Waals surface area contributed by atoms with Crippen molar-refractivity contribution in [2.45, 2.75) is 33.2 Å². The number of halogens is 1. The molecule has 0 aromatic heterocycles. The van der Waals surface area contributed by atoms with Crippen LogP contribution in [-0.4, -0.2) is 43.8 Å². The van der Waals surface area contributed by atoms with Crippen LogP contribution in [0.1, 0.15) is 25.8 Å². The van der Waals surface area contributed by atoms with Gasteiger partial charge in [-0.15, -0.1) is 0 Å². The van der Waals surface area contributed by atoms with Crippen LogP contribution in [0.15, 0.2) is 29.5 Å². The second-order valence-electron chi connectivity index (χ2n) is 6.06. The lowest BCUT2D eigenvalue weighted by atomic mass is 10.0. The lowest BCUT2D eigenvalue weighted by Crippen LogP contribution is -2.51. The van der Waals surface area contributed by atoms with Gasteiger partial charge in [-0.1, -0.05) is 24.6 Å². The first-order chi connectivity index (χ1) is 13.3. The van der Waals surface area contributed by atoms with Crippen molar-refractivity contribution in [3.63, 3.8) is 0 Å². The van der Waals surface area contributed by atoms with Crippen LogP contribution in [0.3, 0.4) is 0 Å². The third kappa shape index (κ3) is 5.63. The van der Waals surface area contributed by atoms with E-state index < -0.39 is 24.0 Å². The molecule has 1 aliphatic heterocycles. The zero-order valence-electron chi connectivity index (χ0n) is 16.0. The minimum Gasteiger partial charge on any atom is -0.480 e. The molecule has 2 amide bonds. The fourth-order valence-electron chi connectivity index (χ4n) is 2.63. The van der Waals surface area contributed by atoms with E-state index in [-0.39, 0.29) is 31.1 Å². The van der Waals surface area contributed by atoms with Gasteiger partial charge in [-0.25, -0.2) is 14.4 Å². The molecule has 0 saturated heterocycles. The molecule has 1 heterocycles. The number of urea groups is 1. The van der Waals surface area contributed by atoms with Gasteiger partial charge in [0.1, 0.15) is 12.4 Å². The zero-order valence-corrected chi connectivity index (χ0v) is 16.7. The molecule has 0 bridgehead atoms. The molecule has 1 aromatic carbocycles. The average molecular weight is 411 g/mol. The number of esters is 2. The highest BCUT2D eigenvalue weighted by molar-refractivity contribution is 6.32. The minimum atomic E-state index is -0.672. The monoisotopic (exact) mass is 410 g/mol. The SMILES string of the molecule is CCOC(=O)C1=C(COC(=O)COc2cc(C)ccc2Cl)NC(=O)N[C@H]1CC. The molecule has 152 valence electrons. The molecule has 1 atom stereocenters. The number of hydrogen-bond acceptors (Lipinski definition) is 6. The number of aryl methyl sites for hydroxylation is 1. The number of amides is 2. The molecule has 0 spiro atoms. The Labute approximate surface area is 168 Å². The molecule has 0 radical (unpaired) electrons. The van der Waals surface area contributed by atoms with Gasteiger partial charge < -0.3 is 24.8 Å². The number of carbonyl (C=O) groups is 3. The van der Waals surface area contributed by atoms with E-state index in [0.717, 1.165) is 5.56 Å². The van der Waals surface area contributed by atoms with E-state index in [1.807, 2.05) is 19.9 Å². The summed E-state index contributed by atoms with van der Waals surface area (Å²) in [5.74, 6) is -0.879. The smallest absolute Gasteiger partial charge is 0.344 e. The third-order valence-electron chi connectivity index (χ3n) is 3.96. The summed E-state index contributed by atoms with van der Waals surface area (Å²) in [6, 6.07) is 4.19. The van der Waals surface area contributed by atoms with Gasteiger partial charge in [0.15, 0.2) is 6.61 Å². The molecule has 2 rings (SSSR count). The van der Waals surface area contributed by atoms with Crippen molar-refractivity contribution in [1.29, 1.82) is 0 Å². The van der Waals surface area contributed by atoms with Crippen LogP contribution >= 0.6 is 11.6 Å². The van der Waals surface area contributed by atoms with Gasteiger partial charge in [0, 0.05) is 0 Å². The van der Waals surface area contributed by atoms with Crippen LogP contribution in [0.4, 0.5) is 4.79 Å². The van der Waals surface area contributed by atoms with Crippen LogP contribution in [0.25, 0.3) is 0 Å². The van der Waals surface area contributed by atoms with Crippen molar-refractivity contribution in [3.8, 4) is 5.75 Å². The zero-order chi connectivity index (χ0) is 20.7. The summed E-state index contributed by atoms with van der Waals surface area (Å²) in [7, 11) is 0.